The molecule has 3 unspecified atom stereocenters. The molecule has 0 aromatic heterocycles. The second kappa shape index (κ2) is 63.5. The van der Waals surface area contributed by atoms with Crippen LogP contribution in [-0.4, -0.2) is 96.7 Å². The highest BCUT2D eigenvalue weighted by molar-refractivity contribution is 7.47. The average molecular weight is 1370 g/mol. The van der Waals surface area contributed by atoms with Crippen LogP contribution in [0.5, 0.6) is 0 Å². The fourth-order valence-corrected chi connectivity index (χ4v) is 12.8. The first-order chi connectivity index (χ1) is 44.6. The first-order valence-electron chi connectivity index (χ1n) is 38.2. The molecule has 0 radical (unpaired) electrons. The number of phosphoric acid groups is 2. The lowest BCUT2D eigenvalue weighted by molar-refractivity contribution is -0.161. The van der Waals surface area contributed by atoms with E-state index in [1.807, 2.05) is 0 Å². The van der Waals surface area contributed by atoms with Gasteiger partial charge >= 0.3 is 39.5 Å². The SMILES string of the molecule is CC(C)CCCCCCCCCCCCCCCCC(=O)OC[C@H](COP(=O)(O)OCC(O)COP(=O)(O)OC[C@@H](COC(=O)CCCCCCCCCCC(C)C)OC(=O)CCCCCCCCCCCCC(C)C)OC(=O)CCCCCCCCCCCC(C)C. The van der Waals surface area contributed by atoms with E-state index in [9.17, 15) is 43.2 Å². The normalized spacial score (nSPS) is 14.2. The van der Waals surface area contributed by atoms with Gasteiger partial charge in [0.2, 0.25) is 0 Å². The molecule has 0 aliphatic heterocycles. The Balaban J connectivity index is 5.24. The number of aliphatic hydroxyl groups is 1. The van der Waals surface area contributed by atoms with Crippen molar-refractivity contribution >= 4 is 39.5 Å². The van der Waals surface area contributed by atoms with Crippen molar-refractivity contribution in [2.45, 2.75) is 388 Å². The molecule has 0 aromatic rings. The number of unbranched alkanes of at least 4 members (excludes halogenated alkanes) is 37. The summed E-state index contributed by atoms with van der Waals surface area (Å²) in [6.07, 6.45) is 47.2. The van der Waals surface area contributed by atoms with Gasteiger partial charge in [-0.15, -0.1) is 0 Å². The van der Waals surface area contributed by atoms with Gasteiger partial charge in [-0.25, -0.2) is 9.13 Å². The zero-order valence-corrected chi connectivity index (χ0v) is 62.7. The summed E-state index contributed by atoms with van der Waals surface area (Å²) in [6, 6.07) is 0. The van der Waals surface area contributed by atoms with Crippen LogP contribution in [0.15, 0.2) is 0 Å². The molecule has 3 N–H and O–H groups in total. The second-order valence-electron chi connectivity index (χ2n) is 28.6. The summed E-state index contributed by atoms with van der Waals surface area (Å²) in [6.45, 7) is 14.1. The highest BCUT2D eigenvalue weighted by atomic mass is 31.2. The Morgan fingerprint density at radius 3 is 0.667 bits per heavy atom. The zero-order chi connectivity index (χ0) is 68.9. The van der Waals surface area contributed by atoms with E-state index in [2.05, 4.69) is 55.4 Å². The third-order valence-corrected chi connectivity index (χ3v) is 19.0. The summed E-state index contributed by atoms with van der Waals surface area (Å²) < 4.78 is 68.4. The van der Waals surface area contributed by atoms with E-state index in [0.717, 1.165) is 114 Å². The molecule has 0 saturated carbocycles. The molecule has 552 valence electrons. The maximum Gasteiger partial charge on any atom is 0.472 e. The Hall–Kier alpha value is -1.94. The Bertz CT molecular complexity index is 1830. The van der Waals surface area contributed by atoms with Crippen molar-refractivity contribution in [3.63, 3.8) is 0 Å². The van der Waals surface area contributed by atoms with Crippen molar-refractivity contribution < 1.29 is 80.2 Å². The van der Waals surface area contributed by atoms with Crippen molar-refractivity contribution in [2.75, 3.05) is 39.6 Å². The molecule has 19 heteroatoms. The average Bonchev–Trinajstić information content (AvgIpc) is 1.90. The number of rotatable bonds is 71. The van der Waals surface area contributed by atoms with E-state index in [1.165, 1.54) is 173 Å². The number of hydrogen-bond donors (Lipinski definition) is 3. The van der Waals surface area contributed by atoms with Gasteiger partial charge in [0.05, 0.1) is 26.4 Å². The van der Waals surface area contributed by atoms with Gasteiger partial charge in [0.25, 0.3) is 0 Å². The topological polar surface area (TPSA) is 237 Å². The van der Waals surface area contributed by atoms with Gasteiger partial charge in [-0.1, -0.05) is 319 Å². The first kappa shape index (κ1) is 91.1. The predicted molar refractivity (Wildman–Crippen MR) is 377 cm³/mol. The molecule has 0 aliphatic rings. The molecular formula is C74H144O17P2. The van der Waals surface area contributed by atoms with Crippen LogP contribution >= 0.6 is 15.6 Å². The Morgan fingerprint density at radius 1 is 0.269 bits per heavy atom. The van der Waals surface area contributed by atoms with Crippen LogP contribution in [0.1, 0.15) is 370 Å². The van der Waals surface area contributed by atoms with Crippen molar-refractivity contribution in [3.05, 3.63) is 0 Å². The number of carbonyl (C=O) groups is 4. The molecule has 0 aliphatic carbocycles. The van der Waals surface area contributed by atoms with Crippen LogP contribution in [0.2, 0.25) is 0 Å². The van der Waals surface area contributed by atoms with Gasteiger partial charge in [-0.2, -0.15) is 0 Å². The first-order valence-corrected chi connectivity index (χ1v) is 41.2. The minimum atomic E-state index is -4.96. The summed E-state index contributed by atoms with van der Waals surface area (Å²) in [5.74, 6) is 0.890. The fraction of sp³-hybridized carbons (Fsp3) is 0.946. The van der Waals surface area contributed by atoms with Crippen molar-refractivity contribution in [1.29, 1.82) is 0 Å². The van der Waals surface area contributed by atoms with Crippen LogP contribution in [0.25, 0.3) is 0 Å². The van der Waals surface area contributed by atoms with Gasteiger partial charge in [0.15, 0.2) is 12.2 Å². The molecule has 5 atom stereocenters. The molecular weight excluding hydrogens is 1220 g/mol. The Labute approximate surface area is 568 Å². The van der Waals surface area contributed by atoms with E-state index < -0.39 is 97.5 Å². The maximum absolute atomic E-state index is 13.1. The molecule has 0 bridgehead atoms. The third kappa shape index (κ3) is 68.4. The molecule has 0 aromatic carbocycles. The van der Waals surface area contributed by atoms with Gasteiger partial charge in [0.1, 0.15) is 19.3 Å². The summed E-state index contributed by atoms with van der Waals surface area (Å²) in [5.41, 5.74) is 0. The van der Waals surface area contributed by atoms with Crippen LogP contribution in [0.4, 0.5) is 0 Å². The summed E-state index contributed by atoms with van der Waals surface area (Å²) in [5, 5.41) is 10.6. The monoisotopic (exact) mass is 1370 g/mol. The second-order valence-corrected chi connectivity index (χ2v) is 31.5. The number of esters is 4. The van der Waals surface area contributed by atoms with Crippen molar-refractivity contribution in [2.24, 2.45) is 23.7 Å². The summed E-state index contributed by atoms with van der Waals surface area (Å²) in [4.78, 5) is 72.7. The summed E-state index contributed by atoms with van der Waals surface area (Å²) in [7, 11) is -9.91. The van der Waals surface area contributed by atoms with E-state index >= 15 is 0 Å². The standard InChI is InChI=1S/C74H144O17P2/c1-64(2)50-42-34-26-18-13-11-9-10-12-14-21-30-38-46-54-71(76)84-60-69(91-74(79)57-49-41-33-23-17-20-28-36-44-52-66(5)6)62-88-92(80,81)86-58-68(75)59-87-93(82,83)89-63-70(61-85-72(77)55-47-39-31-25-24-29-37-45-53-67(7)8)90-73(78)56-48-40-32-22-16-15-19-27-35-43-51-65(3)4/h64-70,75H,9-63H2,1-8H3,(H,80,81)(H,82,83)/t68?,69-,70-/m1/s1. The van der Waals surface area contributed by atoms with E-state index in [4.69, 9.17) is 37.0 Å². The largest absolute Gasteiger partial charge is 0.472 e. The molecule has 0 rings (SSSR count). The smallest absolute Gasteiger partial charge is 0.462 e. The van der Waals surface area contributed by atoms with E-state index in [-0.39, 0.29) is 25.7 Å². The van der Waals surface area contributed by atoms with Crippen LogP contribution in [0.3, 0.4) is 0 Å². The Morgan fingerprint density at radius 2 is 0.452 bits per heavy atom. The number of ether oxygens (including phenoxy) is 4. The van der Waals surface area contributed by atoms with Crippen molar-refractivity contribution in [3.8, 4) is 0 Å². The molecule has 93 heavy (non-hydrogen) atoms. The number of carbonyl (C=O) groups excluding carboxylic acids is 4. The number of hydrogen-bond acceptors (Lipinski definition) is 15. The number of phosphoric ester groups is 2. The summed E-state index contributed by atoms with van der Waals surface area (Å²) >= 11 is 0. The molecule has 0 amide bonds. The van der Waals surface area contributed by atoms with Gasteiger partial charge in [-0.3, -0.25) is 37.3 Å². The lowest BCUT2D eigenvalue weighted by Crippen LogP contribution is -2.30. The fourth-order valence-electron chi connectivity index (χ4n) is 11.2. The molecule has 0 saturated heterocycles. The molecule has 0 heterocycles. The van der Waals surface area contributed by atoms with E-state index in [0.29, 0.717) is 25.7 Å². The Kier molecular flexibility index (Phi) is 62.2. The van der Waals surface area contributed by atoms with Gasteiger partial charge < -0.3 is 33.8 Å². The van der Waals surface area contributed by atoms with Crippen molar-refractivity contribution in [1.82, 2.24) is 0 Å². The molecule has 17 nitrogen and oxygen atoms in total. The minimum Gasteiger partial charge on any atom is -0.462 e. The minimum absolute atomic E-state index is 0.105. The van der Waals surface area contributed by atoms with Crippen LogP contribution < -0.4 is 0 Å². The van der Waals surface area contributed by atoms with E-state index in [1.54, 1.807) is 0 Å². The zero-order valence-electron chi connectivity index (χ0n) is 60.9. The van der Waals surface area contributed by atoms with Gasteiger partial charge in [0, 0.05) is 25.7 Å². The third-order valence-electron chi connectivity index (χ3n) is 17.1. The molecule has 0 spiro atoms. The quantitative estimate of drug-likeness (QED) is 0.0222. The van der Waals surface area contributed by atoms with Gasteiger partial charge in [-0.05, 0) is 49.4 Å². The number of aliphatic hydroxyl groups excluding tert-OH is 1. The predicted octanol–water partition coefficient (Wildman–Crippen LogP) is 21.3. The maximum atomic E-state index is 13.1. The highest BCUT2D eigenvalue weighted by Crippen LogP contribution is 2.45. The highest BCUT2D eigenvalue weighted by Gasteiger charge is 2.30. The van der Waals surface area contributed by atoms with Crippen LogP contribution in [-0.2, 0) is 65.4 Å². The molecule has 0 fully saturated rings. The van der Waals surface area contributed by atoms with Crippen LogP contribution in [0, 0.1) is 23.7 Å². The lowest BCUT2D eigenvalue weighted by atomic mass is 10.0. The lowest BCUT2D eigenvalue weighted by Gasteiger charge is -2.21.